The molecule has 0 bridgehead atoms. The third-order valence-electron chi connectivity index (χ3n) is 2.98. The fourth-order valence-electron chi connectivity index (χ4n) is 2.04. The zero-order chi connectivity index (χ0) is 10.8. The maximum absolute atomic E-state index is 11.6. The van der Waals surface area contributed by atoms with E-state index in [4.69, 9.17) is 0 Å². The summed E-state index contributed by atoms with van der Waals surface area (Å²) in [7, 11) is 1.56. The molecule has 0 saturated carbocycles. The van der Waals surface area contributed by atoms with Crippen molar-refractivity contribution in [2.45, 2.75) is 31.3 Å². The van der Waals surface area contributed by atoms with Gasteiger partial charge in [0, 0.05) is 18.8 Å². The van der Waals surface area contributed by atoms with Gasteiger partial charge in [0.15, 0.2) is 0 Å². The molecule has 0 aromatic rings. The van der Waals surface area contributed by atoms with Crippen molar-refractivity contribution in [3.8, 4) is 0 Å². The summed E-state index contributed by atoms with van der Waals surface area (Å²) in [6.45, 7) is 0. The number of likely N-dealkylation sites (N-methyl/N-ethyl adjacent to an activating group) is 1. The van der Waals surface area contributed by atoms with Gasteiger partial charge in [-0.25, -0.2) is 0 Å². The van der Waals surface area contributed by atoms with Crippen LogP contribution < -0.4 is 5.32 Å². The molecule has 4 nitrogen and oxygen atoms in total. The third kappa shape index (κ3) is 2.34. The highest BCUT2D eigenvalue weighted by atomic mass is 32.2. The number of carbonyl (C=O) groups is 2. The summed E-state index contributed by atoms with van der Waals surface area (Å²) in [4.78, 5) is 24.2. The summed E-state index contributed by atoms with van der Waals surface area (Å²) in [6, 6.07) is 0.128. The van der Waals surface area contributed by atoms with E-state index in [1.54, 1.807) is 7.05 Å². The maximum atomic E-state index is 11.6. The predicted molar refractivity (Wildman–Crippen MR) is 59.7 cm³/mol. The molecular formula is C10H16N2O2S. The van der Waals surface area contributed by atoms with Gasteiger partial charge in [0.2, 0.25) is 11.8 Å². The molecule has 2 heterocycles. The molecule has 2 aliphatic rings. The zero-order valence-electron chi connectivity index (χ0n) is 8.86. The first kappa shape index (κ1) is 11.0. The van der Waals surface area contributed by atoms with Crippen molar-refractivity contribution in [1.82, 2.24) is 10.2 Å². The number of likely N-dealkylation sites (tertiary alicyclic amines) is 1. The molecular weight excluding hydrogens is 212 g/mol. The smallest absolute Gasteiger partial charge is 0.246 e. The molecule has 1 N–H and O–H groups in total. The number of amides is 2. The lowest BCUT2D eigenvalue weighted by Crippen LogP contribution is -2.45. The second-order valence-corrected chi connectivity index (χ2v) is 5.28. The van der Waals surface area contributed by atoms with Gasteiger partial charge >= 0.3 is 0 Å². The molecule has 0 aromatic heterocycles. The number of hydrogen-bond acceptors (Lipinski definition) is 4. The molecule has 2 unspecified atom stereocenters. The Bertz CT molecular complexity index is 277. The Kier molecular flexibility index (Phi) is 3.31. The zero-order valence-corrected chi connectivity index (χ0v) is 9.68. The molecule has 2 saturated heterocycles. The fraction of sp³-hybridized carbons (Fsp3) is 0.800. The lowest BCUT2D eigenvalue weighted by atomic mass is 10.1. The van der Waals surface area contributed by atoms with Crippen LogP contribution in [0.15, 0.2) is 0 Å². The monoisotopic (exact) mass is 228 g/mol. The van der Waals surface area contributed by atoms with Crippen LogP contribution in [0.4, 0.5) is 0 Å². The van der Waals surface area contributed by atoms with E-state index in [1.165, 1.54) is 17.1 Å². The Morgan fingerprint density at radius 2 is 2.27 bits per heavy atom. The Hall–Kier alpha value is -0.550. The van der Waals surface area contributed by atoms with E-state index in [1.807, 2.05) is 11.8 Å². The van der Waals surface area contributed by atoms with E-state index in [-0.39, 0.29) is 17.9 Å². The molecule has 0 radical (unpaired) electrons. The van der Waals surface area contributed by atoms with E-state index >= 15 is 0 Å². The molecule has 15 heavy (non-hydrogen) atoms. The minimum absolute atomic E-state index is 0.0686. The normalized spacial score (nSPS) is 32.5. The van der Waals surface area contributed by atoms with Crippen LogP contribution in [0, 0.1) is 0 Å². The van der Waals surface area contributed by atoms with E-state index < -0.39 is 0 Å². The molecule has 2 fully saturated rings. The Morgan fingerprint density at radius 3 is 2.80 bits per heavy atom. The molecule has 0 aliphatic carbocycles. The highest BCUT2D eigenvalue weighted by molar-refractivity contribution is 7.99. The van der Waals surface area contributed by atoms with E-state index in [2.05, 4.69) is 5.32 Å². The van der Waals surface area contributed by atoms with Crippen LogP contribution in [0.1, 0.15) is 19.3 Å². The lowest BCUT2D eigenvalue weighted by molar-refractivity contribution is -0.137. The van der Waals surface area contributed by atoms with E-state index in [0.717, 1.165) is 12.2 Å². The number of nitrogens with zero attached hydrogens (tertiary/aromatic N) is 1. The van der Waals surface area contributed by atoms with Crippen LogP contribution in [0.2, 0.25) is 0 Å². The van der Waals surface area contributed by atoms with Crippen molar-refractivity contribution in [2.75, 3.05) is 18.6 Å². The second kappa shape index (κ2) is 4.53. The summed E-state index contributed by atoms with van der Waals surface area (Å²) in [5, 5.41) is 3.30. The fourth-order valence-corrected chi connectivity index (χ4v) is 3.13. The van der Waals surface area contributed by atoms with Crippen LogP contribution in [-0.2, 0) is 9.59 Å². The van der Waals surface area contributed by atoms with Crippen molar-refractivity contribution in [3.05, 3.63) is 0 Å². The van der Waals surface area contributed by atoms with E-state index in [0.29, 0.717) is 12.5 Å². The van der Waals surface area contributed by atoms with Gasteiger partial charge < -0.3 is 5.32 Å². The first-order chi connectivity index (χ1) is 7.18. The second-order valence-electron chi connectivity index (χ2n) is 4.13. The highest BCUT2D eigenvalue weighted by Gasteiger charge is 2.37. The average Bonchev–Trinajstić information content (AvgIpc) is 2.48. The molecule has 2 atom stereocenters. The molecule has 2 rings (SSSR count). The predicted octanol–water partition coefficient (Wildman–Crippen LogP) is 0.229. The SMILES string of the molecule is CN1C(=O)CC(NC2CCCSC2)C1=O. The van der Waals surface area contributed by atoms with Crippen molar-refractivity contribution < 1.29 is 9.59 Å². The maximum Gasteiger partial charge on any atom is 0.246 e. The number of hydrogen-bond donors (Lipinski definition) is 1. The first-order valence-electron chi connectivity index (χ1n) is 5.32. The lowest BCUT2D eigenvalue weighted by Gasteiger charge is -2.24. The summed E-state index contributed by atoms with van der Waals surface area (Å²) in [6.07, 6.45) is 2.65. The Morgan fingerprint density at radius 1 is 1.47 bits per heavy atom. The number of nitrogens with one attached hydrogen (secondary N) is 1. The number of thioether (sulfide) groups is 1. The van der Waals surface area contributed by atoms with Gasteiger partial charge in [-0.05, 0) is 18.6 Å². The van der Waals surface area contributed by atoms with Gasteiger partial charge in [0.05, 0.1) is 12.5 Å². The molecule has 0 spiro atoms. The first-order valence-corrected chi connectivity index (χ1v) is 6.48. The van der Waals surface area contributed by atoms with Gasteiger partial charge in [-0.1, -0.05) is 0 Å². The molecule has 2 aliphatic heterocycles. The third-order valence-corrected chi connectivity index (χ3v) is 4.19. The molecule has 5 heteroatoms. The average molecular weight is 228 g/mol. The van der Waals surface area contributed by atoms with Crippen LogP contribution in [0.3, 0.4) is 0 Å². The van der Waals surface area contributed by atoms with Crippen molar-refractivity contribution >= 4 is 23.6 Å². The highest BCUT2D eigenvalue weighted by Crippen LogP contribution is 2.19. The van der Waals surface area contributed by atoms with Crippen molar-refractivity contribution in [1.29, 1.82) is 0 Å². The minimum Gasteiger partial charge on any atom is -0.302 e. The van der Waals surface area contributed by atoms with Gasteiger partial charge in [-0.2, -0.15) is 11.8 Å². The Balaban J connectivity index is 1.89. The minimum atomic E-state index is -0.272. The summed E-state index contributed by atoms with van der Waals surface area (Å²) >= 11 is 1.92. The van der Waals surface area contributed by atoms with Gasteiger partial charge in [0.25, 0.3) is 0 Å². The van der Waals surface area contributed by atoms with Crippen LogP contribution in [-0.4, -0.2) is 47.4 Å². The van der Waals surface area contributed by atoms with Crippen LogP contribution in [0.25, 0.3) is 0 Å². The van der Waals surface area contributed by atoms with Gasteiger partial charge in [-0.3, -0.25) is 14.5 Å². The number of imide groups is 1. The molecule has 0 aromatic carbocycles. The Labute approximate surface area is 93.8 Å². The number of carbonyl (C=O) groups excluding carboxylic acids is 2. The van der Waals surface area contributed by atoms with Crippen molar-refractivity contribution in [2.24, 2.45) is 0 Å². The summed E-state index contributed by atoms with van der Waals surface area (Å²) in [5.41, 5.74) is 0. The van der Waals surface area contributed by atoms with E-state index in [9.17, 15) is 9.59 Å². The van der Waals surface area contributed by atoms with Gasteiger partial charge in [0.1, 0.15) is 0 Å². The van der Waals surface area contributed by atoms with Crippen LogP contribution >= 0.6 is 11.8 Å². The topological polar surface area (TPSA) is 49.4 Å². The summed E-state index contributed by atoms with van der Waals surface area (Å²) in [5.74, 6) is 2.13. The van der Waals surface area contributed by atoms with Crippen molar-refractivity contribution in [3.63, 3.8) is 0 Å². The molecule has 2 amide bonds. The van der Waals surface area contributed by atoms with Crippen LogP contribution in [0.5, 0.6) is 0 Å². The number of rotatable bonds is 2. The largest absolute Gasteiger partial charge is 0.302 e. The molecule has 84 valence electrons. The van der Waals surface area contributed by atoms with Gasteiger partial charge in [-0.15, -0.1) is 0 Å². The quantitative estimate of drug-likeness (QED) is 0.687. The standard InChI is InChI=1S/C10H16N2O2S/c1-12-9(13)5-8(10(12)14)11-7-3-2-4-15-6-7/h7-8,11H,2-6H2,1H3. The summed E-state index contributed by atoms with van der Waals surface area (Å²) < 4.78 is 0.